The van der Waals surface area contributed by atoms with E-state index < -0.39 is 11.7 Å². The molecule has 1 unspecified atom stereocenters. The molecular weight excluding hydrogens is 388 g/mol. The summed E-state index contributed by atoms with van der Waals surface area (Å²) in [7, 11) is 0. The molecule has 160 valence electrons. The van der Waals surface area contributed by atoms with Gasteiger partial charge in [-0.05, 0) is 51.0 Å². The molecule has 0 spiro atoms. The Morgan fingerprint density at radius 3 is 2.70 bits per heavy atom. The number of likely N-dealkylation sites (tertiary alicyclic amines) is 1. The van der Waals surface area contributed by atoms with E-state index in [9.17, 15) is 9.90 Å². The van der Waals surface area contributed by atoms with Crippen LogP contribution in [0.4, 0.5) is 4.79 Å². The van der Waals surface area contributed by atoms with Crippen LogP contribution in [0, 0.1) is 0 Å². The average Bonchev–Trinajstić information content (AvgIpc) is 3.31. The van der Waals surface area contributed by atoms with Crippen LogP contribution >= 0.6 is 0 Å². The first-order valence-corrected chi connectivity index (χ1v) is 9.89. The number of hydrogen-bond donors (Lipinski definition) is 3. The van der Waals surface area contributed by atoms with Gasteiger partial charge in [-0.2, -0.15) is 0 Å². The third-order valence-electron chi connectivity index (χ3n) is 5.02. The summed E-state index contributed by atoms with van der Waals surface area (Å²) in [4.78, 5) is 28.9. The Morgan fingerprint density at radius 2 is 2.00 bits per heavy atom. The first kappa shape index (κ1) is 20.2. The van der Waals surface area contributed by atoms with Gasteiger partial charge in [-0.15, -0.1) is 0 Å². The highest BCUT2D eigenvalue weighted by molar-refractivity contribution is 5.68. The number of pyridine rings is 1. The lowest BCUT2D eigenvalue weighted by Gasteiger charge is -2.29. The van der Waals surface area contributed by atoms with Crippen molar-refractivity contribution in [3.8, 4) is 17.2 Å². The SMILES string of the molecule is CC(C)(C)OC(=O)N[C@@H]1CCN(C(c2ccncc2)c2cc3c(cc2O)ONO3)C1. The molecule has 0 bridgehead atoms. The van der Waals surface area contributed by atoms with Crippen molar-refractivity contribution in [3.05, 3.63) is 47.8 Å². The fraction of sp³-hybridized carbons (Fsp3) is 0.429. The maximum atomic E-state index is 12.2. The number of carbonyl (C=O) groups excluding carboxylic acids is 1. The minimum atomic E-state index is -0.547. The number of alkyl carbamates (subject to hydrolysis) is 1. The molecule has 1 saturated heterocycles. The molecular formula is C21H26N4O5. The molecule has 9 nitrogen and oxygen atoms in total. The van der Waals surface area contributed by atoms with E-state index in [2.05, 4.69) is 20.8 Å². The number of benzene rings is 1. The van der Waals surface area contributed by atoms with Crippen molar-refractivity contribution < 1.29 is 24.3 Å². The number of carbonyl (C=O) groups is 1. The number of fused-ring (bicyclic) bond motifs is 1. The minimum absolute atomic E-state index is 0.0537. The predicted octanol–water partition coefficient (Wildman–Crippen LogP) is 2.67. The standard InChI is InChI=1S/C21H26N4O5/c1-21(2,3)28-20(27)23-14-6-9-25(12-14)19(13-4-7-22-8-5-13)15-10-17-18(11-16(15)26)30-24-29-17/h4-5,7-8,10-11,14,19,24,26H,6,9,12H2,1-3H3,(H,23,27)/t14-,19?/m1/s1. The summed E-state index contributed by atoms with van der Waals surface area (Å²) < 4.78 is 5.38. The Hall–Kier alpha value is -3.04. The molecule has 2 aromatic rings. The smallest absolute Gasteiger partial charge is 0.407 e. The highest BCUT2D eigenvalue weighted by atomic mass is 16.9. The zero-order valence-corrected chi connectivity index (χ0v) is 17.2. The maximum absolute atomic E-state index is 12.2. The normalized spacial score (nSPS) is 19.5. The second kappa shape index (κ2) is 8.00. The minimum Gasteiger partial charge on any atom is -0.507 e. The third-order valence-corrected chi connectivity index (χ3v) is 5.02. The average molecular weight is 414 g/mol. The molecule has 1 aromatic carbocycles. The Labute approximate surface area is 174 Å². The van der Waals surface area contributed by atoms with Gasteiger partial charge in [0.1, 0.15) is 11.4 Å². The lowest BCUT2D eigenvalue weighted by Crippen LogP contribution is -2.41. The van der Waals surface area contributed by atoms with Crippen molar-refractivity contribution in [2.45, 2.75) is 44.9 Å². The Morgan fingerprint density at radius 1 is 1.30 bits per heavy atom. The lowest BCUT2D eigenvalue weighted by molar-refractivity contribution is 0.0259. The van der Waals surface area contributed by atoms with Crippen LogP contribution in [-0.2, 0) is 4.74 Å². The van der Waals surface area contributed by atoms with Crippen LogP contribution in [0.5, 0.6) is 17.2 Å². The van der Waals surface area contributed by atoms with E-state index in [1.807, 2.05) is 32.9 Å². The maximum Gasteiger partial charge on any atom is 0.407 e. The largest absolute Gasteiger partial charge is 0.507 e. The fourth-order valence-corrected chi connectivity index (χ4v) is 3.80. The molecule has 3 heterocycles. The van der Waals surface area contributed by atoms with Gasteiger partial charge in [-0.3, -0.25) is 9.88 Å². The molecule has 3 N–H and O–H groups in total. The molecule has 2 atom stereocenters. The zero-order valence-electron chi connectivity index (χ0n) is 17.2. The molecule has 1 amide bonds. The van der Waals surface area contributed by atoms with Gasteiger partial charge in [0, 0.05) is 48.8 Å². The van der Waals surface area contributed by atoms with E-state index in [1.165, 1.54) is 6.07 Å². The number of ether oxygens (including phenoxy) is 1. The second-order valence-electron chi connectivity index (χ2n) is 8.46. The number of rotatable bonds is 4. The number of nitrogens with zero attached hydrogens (tertiary/aromatic N) is 2. The van der Waals surface area contributed by atoms with Crippen molar-refractivity contribution in [2.24, 2.45) is 0 Å². The van der Waals surface area contributed by atoms with E-state index in [0.717, 1.165) is 18.5 Å². The third kappa shape index (κ3) is 4.42. The molecule has 2 aliphatic rings. The number of aromatic hydroxyl groups is 1. The molecule has 1 aromatic heterocycles. The van der Waals surface area contributed by atoms with Crippen molar-refractivity contribution in [2.75, 3.05) is 13.1 Å². The first-order valence-electron chi connectivity index (χ1n) is 9.89. The van der Waals surface area contributed by atoms with E-state index in [-0.39, 0.29) is 17.8 Å². The summed E-state index contributed by atoms with van der Waals surface area (Å²) in [5, 5.41) is 13.7. The van der Waals surface area contributed by atoms with Gasteiger partial charge in [0.2, 0.25) is 0 Å². The number of aromatic nitrogens is 1. The van der Waals surface area contributed by atoms with Gasteiger partial charge < -0.3 is 24.8 Å². The van der Waals surface area contributed by atoms with Crippen molar-refractivity contribution in [1.29, 1.82) is 0 Å². The number of phenolic OH excluding ortho intramolecular Hbond substituents is 1. The van der Waals surface area contributed by atoms with Crippen LogP contribution in [0.15, 0.2) is 36.7 Å². The molecule has 30 heavy (non-hydrogen) atoms. The van der Waals surface area contributed by atoms with Crippen LogP contribution in [0.2, 0.25) is 0 Å². The molecule has 1 fully saturated rings. The molecule has 9 heteroatoms. The van der Waals surface area contributed by atoms with Gasteiger partial charge in [-0.1, -0.05) is 0 Å². The molecule has 0 aliphatic carbocycles. The van der Waals surface area contributed by atoms with Gasteiger partial charge in [0.15, 0.2) is 11.5 Å². The number of phenols is 1. The zero-order chi connectivity index (χ0) is 21.3. The van der Waals surface area contributed by atoms with Crippen LogP contribution in [0.1, 0.15) is 44.4 Å². The Kier molecular flexibility index (Phi) is 5.40. The van der Waals surface area contributed by atoms with Crippen LogP contribution in [-0.4, -0.2) is 45.8 Å². The lowest BCUT2D eigenvalue weighted by atomic mass is 9.96. The summed E-state index contributed by atoms with van der Waals surface area (Å²) in [5.74, 6) is 1.03. The highest BCUT2D eigenvalue weighted by Gasteiger charge is 2.34. The summed E-state index contributed by atoms with van der Waals surface area (Å²) in [6.07, 6.45) is 3.79. The van der Waals surface area contributed by atoms with E-state index in [0.29, 0.717) is 23.6 Å². The fourth-order valence-electron chi connectivity index (χ4n) is 3.80. The number of amides is 1. The van der Waals surface area contributed by atoms with Gasteiger partial charge >= 0.3 is 6.09 Å². The van der Waals surface area contributed by atoms with E-state index in [4.69, 9.17) is 14.4 Å². The van der Waals surface area contributed by atoms with Crippen LogP contribution in [0.25, 0.3) is 0 Å². The molecule has 2 aliphatic heterocycles. The van der Waals surface area contributed by atoms with Crippen molar-refractivity contribution in [3.63, 3.8) is 0 Å². The second-order valence-corrected chi connectivity index (χ2v) is 8.46. The van der Waals surface area contributed by atoms with Crippen molar-refractivity contribution in [1.82, 2.24) is 20.8 Å². The Balaban J connectivity index is 1.57. The van der Waals surface area contributed by atoms with Crippen LogP contribution < -0.4 is 20.6 Å². The number of nitrogens with one attached hydrogen (secondary N) is 2. The first-order chi connectivity index (χ1) is 14.3. The van der Waals surface area contributed by atoms with E-state index in [1.54, 1.807) is 18.5 Å². The van der Waals surface area contributed by atoms with E-state index >= 15 is 0 Å². The predicted molar refractivity (Wildman–Crippen MR) is 108 cm³/mol. The van der Waals surface area contributed by atoms with Gasteiger partial charge in [-0.25, -0.2) is 4.79 Å². The van der Waals surface area contributed by atoms with Gasteiger partial charge in [0.25, 0.3) is 0 Å². The molecule has 0 radical (unpaired) electrons. The summed E-state index contributed by atoms with van der Waals surface area (Å²) in [5.41, 5.74) is 3.46. The van der Waals surface area contributed by atoms with Gasteiger partial charge in [0.05, 0.1) is 6.04 Å². The Bertz CT molecular complexity index is 916. The van der Waals surface area contributed by atoms with Crippen LogP contribution in [0.3, 0.4) is 0 Å². The highest BCUT2D eigenvalue weighted by Crippen LogP contribution is 2.43. The molecule has 0 saturated carbocycles. The van der Waals surface area contributed by atoms with Crippen molar-refractivity contribution >= 4 is 6.09 Å². The monoisotopic (exact) mass is 414 g/mol. The summed E-state index contributed by atoms with van der Waals surface area (Å²) in [6.45, 7) is 6.86. The topological polar surface area (TPSA) is 105 Å². The number of hydrogen-bond acceptors (Lipinski definition) is 8. The quantitative estimate of drug-likeness (QED) is 0.701. The molecule has 4 rings (SSSR count). The summed E-state index contributed by atoms with van der Waals surface area (Å²) in [6, 6.07) is 6.84. The summed E-state index contributed by atoms with van der Waals surface area (Å²) >= 11 is 0.